The van der Waals surface area contributed by atoms with E-state index in [0.717, 1.165) is 36.6 Å². The highest BCUT2D eigenvalue weighted by Gasteiger charge is 2.20. The number of aromatic nitrogens is 1. The van der Waals surface area contributed by atoms with Crippen molar-refractivity contribution in [2.75, 3.05) is 26.7 Å². The number of rotatable bonds is 5. The molecule has 1 amide bonds. The summed E-state index contributed by atoms with van der Waals surface area (Å²) >= 11 is 1.73. The number of hydrogen-bond acceptors (Lipinski definition) is 4. The van der Waals surface area contributed by atoms with Gasteiger partial charge in [-0.3, -0.25) is 9.79 Å². The van der Waals surface area contributed by atoms with Gasteiger partial charge in [-0.1, -0.05) is 24.3 Å². The molecule has 0 saturated carbocycles. The molecule has 6 nitrogen and oxygen atoms in total. The van der Waals surface area contributed by atoms with Gasteiger partial charge < -0.3 is 15.5 Å². The Labute approximate surface area is 187 Å². The van der Waals surface area contributed by atoms with Crippen molar-refractivity contribution >= 4 is 47.2 Å². The molecule has 0 unspecified atom stereocenters. The smallest absolute Gasteiger partial charge is 0.242 e. The Bertz CT molecular complexity index is 816. The highest BCUT2D eigenvalue weighted by molar-refractivity contribution is 14.0. The summed E-state index contributed by atoms with van der Waals surface area (Å²) in [4.78, 5) is 24.5. The van der Waals surface area contributed by atoms with Gasteiger partial charge in [-0.2, -0.15) is 0 Å². The van der Waals surface area contributed by atoms with Crippen molar-refractivity contribution in [1.82, 2.24) is 20.5 Å². The molecule has 0 spiro atoms. The fourth-order valence-electron chi connectivity index (χ4n) is 3.13. The molecule has 2 heterocycles. The van der Waals surface area contributed by atoms with Crippen molar-refractivity contribution in [3.63, 3.8) is 0 Å². The first-order valence-electron chi connectivity index (χ1n) is 9.29. The van der Waals surface area contributed by atoms with Gasteiger partial charge in [-0.05, 0) is 31.4 Å². The van der Waals surface area contributed by atoms with Crippen LogP contribution in [-0.4, -0.2) is 48.4 Å². The zero-order valence-electron chi connectivity index (χ0n) is 16.6. The zero-order valence-corrected chi connectivity index (χ0v) is 19.8. The van der Waals surface area contributed by atoms with Crippen molar-refractivity contribution in [1.29, 1.82) is 0 Å². The highest BCUT2D eigenvalue weighted by atomic mass is 127. The number of carbonyl (C=O) groups is 1. The topological polar surface area (TPSA) is 69.6 Å². The summed E-state index contributed by atoms with van der Waals surface area (Å²) in [6, 6.07) is 8.33. The van der Waals surface area contributed by atoms with Gasteiger partial charge in [0, 0.05) is 38.0 Å². The van der Waals surface area contributed by atoms with Crippen molar-refractivity contribution in [2.45, 2.75) is 33.2 Å². The van der Waals surface area contributed by atoms with Gasteiger partial charge in [0.1, 0.15) is 0 Å². The molecule has 0 radical (unpaired) electrons. The van der Waals surface area contributed by atoms with E-state index in [2.05, 4.69) is 45.7 Å². The number of fused-ring (bicyclic) bond motifs is 1. The summed E-state index contributed by atoms with van der Waals surface area (Å²) in [6.07, 6.45) is 1.76. The van der Waals surface area contributed by atoms with E-state index in [1.54, 1.807) is 18.4 Å². The van der Waals surface area contributed by atoms with Gasteiger partial charge in [-0.25, -0.2) is 4.98 Å². The minimum Gasteiger partial charge on any atom is -0.356 e. The Morgan fingerprint density at radius 1 is 1.25 bits per heavy atom. The Morgan fingerprint density at radius 3 is 2.68 bits per heavy atom. The quantitative estimate of drug-likeness (QED) is 0.367. The summed E-state index contributed by atoms with van der Waals surface area (Å²) in [5.74, 6) is 0.740. The lowest BCUT2D eigenvalue weighted by molar-refractivity contribution is -0.130. The monoisotopic (exact) mass is 513 g/mol. The first-order valence-corrected chi connectivity index (χ1v) is 10.1. The van der Waals surface area contributed by atoms with Gasteiger partial charge in [0.15, 0.2) is 5.96 Å². The van der Waals surface area contributed by atoms with E-state index >= 15 is 0 Å². The van der Waals surface area contributed by atoms with Crippen LogP contribution in [0.4, 0.5) is 0 Å². The number of carbonyl (C=O) groups excluding carboxylic acids is 1. The molecule has 1 aromatic carbocycles. The van der Waals surface area contributed by atoms with E-state index in [1.165, 1.54) is 16.0 Å². The molecule has 3 rings (SSSR count). The second-order valence-corrected chi connectivity index (χ2v) is 7.97. The number of nitrogens with zero attached hydrogens (tertiary/aromatic N) is 3. The maximum atomic E-state index is 12.5. The van der Waals surface area contributed by atoms with Crippen LogP contribution in [0.3, 0.4) is 0 Å². The molecule has 2 N–H and O–H groups in total. The Balaban J connectivity index is 0.00000280. The largest absolute Gasteiger partial charge is 0.356 e. The fraction of sp³-hybridized carbons (Fsp3) is 0.450. The second-order valence-electron chi connectivity index (χ2n) is 6.69. The number of thiazole rings is 1. The molecule has 0 atom stereocenters. The standard InChI is InChI=1S/C20H27N5OS.HI/c1-14-15(2)27-18(24-14)8-10-22-20(21-3)23-12-19(26)25-11-9-16-6-4-5-7-17(16)13-25;/h4-7H,8-13H2,1-3H3,(H2,21,22,23);1H. The van der Waals surface area contributed by atoms with Crippen LogP contribution in [0.25, 0.3) is 0 Å². The van der Waals surface area contributed by atoms with Crippen LogP contribution in [0, 0.1) is 13.8 Å². The van der Waals surface area contributed by atoms with E-state index in [0.29, 0.717) is 12.5 Å². The van der Waals surface area contributed by atoms with Crippen molar-refractivity contribution < 1.29 is 4.79 Å². The van der Waals surface area contributed by atoms with E-state index < -0.39 is 0 Å². The number of hydrogen-bond donors (Lipinski definition) is 2. The number of halogens is 1. The lowest BCUT2D eigenvalue weighted by Crippen LogP contribution is -2.46. The van der Waals surface area contributed by atoms with Crippen LogP contribution in [0.1, 0.15) is 26.7 Å². The minimum absolute atomic E-state index is 0. The van der Waals surface area contributed by atoms with Crippen LogP contribution >= 0.6 is 35.3 Å². The lowest BCUT2D eigenvalue weighted by Gasteiger charge is -2.29. The zero-order chi connectivity index (χ0) is 19.2. The lowest BCUT2D eigenvalue weighted by atomic mass is 10.00. The third kappa shape index (κ3) is 5.91. The fourth-order valence-corrected chi connectivity index (χ4v) is 4.07. The molecule has 1 aromatic heterocycles. The maximum absolute atomic E-state index is 12.5. The van der Waals surface area contributed by atoms with Gasteiger partial charge in [0.05, 0.1) is 17.2 Å². The van der Waals surface area contributed by atoms with Gasteiger partial charge in [-0.15, -0.1) is 35.3 Å². The van der Waals surface area contributed by atoms with Crippen molar-refractivity contribution in [2.24, 2.45) is 4.99 Å². The van der Waals surface area contributed by atoms with Crippen LogP contribution in [0.15, 0.2) is 29.3 Å². The van der Waals surface area contributed by atoms with E-state index in [9.17, 15) is 4.79 Å². The van der Waals surface area contributed by atoms with Gasteiger partial charge in [0.2, 0.25) is 5.91 Å². The van der Waals surface area contributed by atoms with Gasteiger partial charge >= 0.3 is 0 Å². The third-order valence-electron chi connectivity index (χ3n) is 4.82. The molecular weight excluding hydrogens is 485 g/mol. The molecule has 2 aromatic rings. The summed E-state index contributed by atoms with van der Waals surface area (Å²) in [5, 5.41) is 7.50. The predicted molar refractivity (Wildman–Crippen MR) is 126 cm³/mol. The number of aliphatic imine (C=N–C) groups is 1. The first kappa shape index (κ1) is 22.6. The molecule has 0 fully saturated rings. The van der Waals surface area contributed by atoms with Crippen LogP contribution in [0.2, 0.25) is 0 Å². The molecular formula is C20H28IN5OS. The summed E-state index contributed by atoms with van der Waals surface area (Å²) in [6.45, 7) is 6.56. The van der Waals surface area contributed by atoms with Crippen LogP contribution in [0.5, 0.6) is 0 Å². The Kier molecular flexibility index (Phi) is 8.68. The Morgan fingerprint density at radius 2 is 2.00 bits per heavy atom. The van der Waals surface area contributed by atoms with Crippen molar-refractivity contribution in [3.05, 3.63) is 51.0 Å². The molecule has 1 aliphatic rings. The molecule has 0 saturated heterocycles. The Hall–Kier alpha value is -1.68. The first-order chi connectivity index (χ1) is 13.1. The number of amides is 1. The van der Waals surface area contributed by atoms with Crippen molar-refractivity contribution in [3.8, 4) is 0 Å². The maximum Gasteiger partial charge on any atom is 0.242 e. The molecule has 1 aliphatic heterocycles. The molecule has 8 heteroatoms. The SMILES string of the molecule is CN=C(NCCc1nc(C)c(C)s1)NCC(=O)N1CCc2ccccc2C1.I. The number of benzene rings is 1. The summed E-state index contributed by atoms with van der Waals surface area (Å²) < 4.78 is 0. The highest BCUT2D eigenvalue weighted by Crippen LogP contribution is 2.18. The normalized spacial score (nSPS) is 13.5. The van der Waals surface area contributed by atoms with E-state index in [-0.39, 0.29) is 36.4 Å². The minimum atomic E-state index is 0. The second kappa shape index (κ2) is 10.8. The molecule has 28 heavy (non-hydrogen) atoms. The predicted octanol–water partition coefficient (Wildman–Crippen LogP) is 2.67. The summed E-state index contributed by atoms with van der Waals surface area (Å²) in [5.41, 5.74) is 3.69. The molecule has 0 aliphatic carbocycles. The van der Waals surface area contributed by atoms with Crippen LogP contribution < -0.4 is 10.6 Å². The van der Waals surface area contributed by atoms with E-state index in [1.807, 2.05) is 17.9 Å². The third-order valence-corrected chi connectivity index (χ3v) is 5.95. The van der Waals surface area contributed by atoms with Gasteiger partial charge in [0.25, 0.3) is 0 Å². The molecule has 0 bridgehead atoms. The average molecular weight is 513 g/mol. The number of nitrogens with one attached hydrogen (secondary N) is 2. The number of guanidine groups is 1. The average Bonchev–Trinajstić information content (AvgIpc) is 3.01. The number of aryl methyl sites for hydroxylation is 2. The van der Waals surface area contributed by atoms with Crippen LogP contribution in [-0.2, 0) is 24.2 Å². The summed E-state index contributed by atoms with van der Waals surface area (Å²) in [7, 11) is 1.72. The van der Waals surface area contributed by atoms with E-state index in [4.69, 9.17) is 0 Å². The molecule has 152 valence electrons.